The number of nitrogens with zero attached hydrogens (tertiary/aromatic N) is 2. The Morgan fingerprint density at radius 2 is 1.89 bits per heavy atom. The molecule has 0 amide bonds. The van der Waals surface area contributed by atoms with Gasteiger partial charge >= 0.3 is 0 Å². The Kier molecular flexibility index (Phi) is 11.1. The van der Waals surface area contributed by atoms with Gasteiger partial charge in [0.1, 0.15) is 0 Å². The molecule has 1 aromatic carbocycles. The van der Waals surface area contributed by atoms with E-state index in [1.54, 1.807) is 7.11 Å². The fraction of sp³-hybridized carbons (Fsp3) is 0.667. The Morgan fingerprint density at radius 1 is 1.19 bits per heavy atom. The number of aliphatic imine (C=N–C) groups is 1. The van der Waals surface area contributed by atoms with Gasteiger partial charge in [-0.15, -0.1) is 24.0 Å². The Hall–Kier alpha value is -1.02. The first-order chi connectivity index (χ1) is 12.6. The third kappa shape index (κ3) is 7.86. The third-order valence-electron chi connectivity index (χ3n) is 5.33. The molecule has 1 aliphatic carbocycles. The van der Waals surface area contributed by atoms with Crippen LogP contribution in [0, 0.1) is 5.41 Å². The van der Waals surface area contributed by atoms with Crippen LogP contribution in [0.5, 0.6) is 0 Å². The number of hydrogen-bond acceptors (Lipinski definition) is 3. The molecule has 0 heterocycles. The molecule has 2 rings (SSSR count). The first-order valence-electron chi connectivity index (χ1n) is 9.86. The SMILES string of the molecule is CCNC(=NCC1(CCOC)CCC1)NCCc1ccc(N(C)C)cc1.I. The van der Waals surface area contributed by atoms with Crippen molar-refractivity contribution in [2.24, 2.45) is 10.4 Å². The summed E-state index contributed by atoms with van der Waals surface area (Å²) < 4.78 is 5.28. The van der Waals surface area contributed by atoms with Gasteiger partial charge in [0.05, 0.1) is 0 Å². The van der Waals surface area contributed by atoms with Gasteiger partial charge in [-0.3, -0.25) is 4.99 Å². The third-order valence-corrected chi connectivity index (χ3v) is 5.33. The zero-order valence-electron chi connectivity index (χ0n) is 17.4. The molecule has 1 saturated carbocycles. The molecule has 0 spiro atoms. The summed E-state index contributed by atoms with van der Waals surface area (Å²) in [6.07, 6.45) is 5.98. The number of methoxy groups -OCH3 is 1. The lowest BCUT2D eigenvalue weighted by Crippen LogP contribution is -2.41. The van der Waals surface area contributed by atoms with E-state index in [1.165, 1.54) is 30.5 Å². The van der Waals surface area contributed by atoms with E-state index >= 15 is 0 Å². The van der Waals surface area contributed by atoms with Crippen LogP contribution < -0.4 is 15.5 Å². The highest BCUT2D eigenvalue weighted by Crippen LogP contribution is 2.44. The highest BCUT2D eigenvalue weighted by molar-refractivity contribution is 14.0. The van der Waals surface area contributed by atoms with Gasteiger partial charge < -0.3 is 20.3 Å². The first kappa shape index (κ1) is 24.0. The van der Waals surface area contributed by atoms with Gasteiger partial charge in [-0.1, -0.05) is 18.6 Å². The maximum Gasteiger partial charge on any atom is 0.191 e. The van der Waals surface area contributed by atoms with Gasteiger partial charge in [0, 0.05) is 53.1 Å². The van der Waals surface area contributed by atoms with Crippen molar-refractivity contribution in [1.29, 1.82) is 0 Å². The molecule has 0 unspecified atom stereocenters. The molecule has 1 aliphatic rings. The van der Waals surface area contributed by atoms with Crippen molar-refractivity contribution in [1.82, 2.24) is 10.6 Å². The molecule has 27 heavy (non-hydrogen) atoms. The summed E-state index contributed by atoms with van der Waals surface area (Å²) in [6.45, 7) is 5.61. The molecule has 0 atom stereocenters. The van der Waals surface area contributed by atoms with Gasteiger partial charge in [0.15, 0.2) is 5.96 Å². The van der Waals surface area contributed by atoms with Crippen molar-refractivity contribution in [2.75, 3.05) is 52.3 Å². The largest absolute Gasteiger partial charge is 0.385 e. The number of benzene rings is 1. The van der Waals surface area contributed by atoms with Crippen molar-refractivity contribution < 1.29 is 4.74 Å². The van der Waals surface area contributed by atoms with E-state index in [4.69, 9.17) is 9.73 Å². The van der Waals surface area contributed by atoms with Crippen LogP contribution >= 0.6 is 24.0 Å². The molecule has 0 saturated heterocycles. The highest BCUT2D eigenvalue weighted by atomic mass is 127. The summed E-state index contributed by atoms with van der Waals surface area (Å²) in [5.41, 5.74) is 2.94. The van der Waals surface area contributed by atoms with Crippen molar-refractivity contribution in [3.63, 3.8) is 0 Å². The predicted molar refractivity (Wildman–Crippen MR) is 127 cm³/mol. The van der Waals surface area contributed by atoms with Crippen LogP contribution in [0.1, 0.15) is 38.2 Å². The number of guanidine groups is 1. The van der Waals surface area contributed by atoms with Crippen LogP contribution in [0.2, 0.25) is 0 Å². The van der Waals surface area contributed by atoms with Gasteiger partial charge in [-0.05, 0) is 55.7 Å². The van der Waals surface area contributed by atoms with Gasteiger partial charge in [0.2, 0.25) is 0 Å². The number of halogens is 1. The molecule has 6 heteroatoms. The summed E-state index contributed by atoms with van der Waals surface area (Å²) in [6, 6.07) is 8.75. The van der Waals surface area contributed by atoms with Crippen LogP contribution in [0.15, 0.2) is 29.3 Å². The molecule has 1 fully saturated rings. The summed E-state index contributed by atoms with van der Waals surface area (Å²) in [5.74, 6) is 0.932. The lowest BCUT2D eigenvalue weighted by Gasteiger charge is -2.40. The molecule has 1 aromatic rings. The minimum Gasteiger partial charge on any atom is -0.385 e. The maximum absolute atomic E-state index is 5.28. The second-order valence-electron chi connectivity index (χ2n) is 7.53. The second-order valence-corrected chi connectivity index (χ2v) is 7.53. The fourth-order valence-corrected chi connectivity index (χ4v) is 3.36. The predicted octanol–water partition coefficient (Wildman–Crippen LogP) is 3.68. The molecule has 0 radical (unpaired) electrons. The van der Waals surface area contributed by atoms with E-state index in [2.05, 4.69) is 60.8 Å². The van der Waals surface area contributed by atoms with Crippen molar-refractivity contribution in [3.05, 3.63) is 29.8 Å². The molecule has 2 N–H and O–H groups in total. The normalized spacial score (nSPS) is 15.5. The summed E-state index contributed by atoms with van der Waals surface area (Å²) in [7, 11) is 5.92. The van der Waals surface area contributed by atoms with E-state index in [-0.39, 0.29) is 24.0 Å². The Balaban J connectivity index is 0.00000364. The average molecular weight is 488 g/mol. The van der Waals surface area contributed by atoms with Crippen LogP contribution in [-0.2, 0) is 11.2 Å². The number of anilines is 1. The van der Waals surface area contributed by atoms with Crippen LogP contribution in [-0.4, -0.2) is 53.4 Å². The summed E-state index contributed by atoms with van der Waals surface area (Å²) >= 11 is 0. The minimum absolute atomic E-state index is 0. The smallest absolute Gasteiger partial charge is 0.191 e. The standard InChI is InChI=1S/C21H36N4O.HI/c1-5-22-20(24-17-21(12-6-13-21)14-16-26-4)23-15-11-18-7-9-19(10-8-18)25(2)3;/h7-10H,5-6,11-17H2,1-4H3,(H2,22,23,24);1H. The first-order valence-corrected chi connectivity index (χ1v) is 9.86. The van der Waals surface area contributed by atoms with Gasteiger partial charge in [0.25, 0.3) is 0 Å². The van der Waals surface area contributed by atoms with Crippen molar-refractivity contribution >= 4 is 35.6 Å². The molecule has 0 aliphatic heterocycles. The molecule has 5 nitrogen and oxygen atoms in total. The quantitative estimate of drug-likeness (QED) is 0.300. The zero-order chi connectivity index (χ0) is 18.8. The van der Waals surface area contributed by atoms with E-state index in [0.717, 1.165) is 45.0 Å². The molecular formula is C21H37IN4O. The van der Waals surface area contributed by atoms with E-state index in [0.29, 0.717) is 5.41 Å². The average Bonchev–Trinajstić information content (AvgIpc) is 2.61. The van der Waals surface area contributed by atoms with Crippen molar-refractivity contribution in [3.8, 4) is 0 Å². The lowest BCUT2D eigenvalue weighted by molar-refractivity contribution is 0.0778. The molecule has 0 aromatic heterocycles. The lowest BCUT2D eigenvalue weighted by atomic mass is 9.67. The Bertz CT molecular complexity index is 556. The van der Waals surface area contributed by atoms with E-state index < -0.39 is 0 Å². The maximum atomic E-state index is 5.28. The highest BCUT2D eigenvalue weighted by Gasteiger charge is 2.36. The number of nitrogens with one attached hydrogen (secondary N) is 2. The van der Waals surface area contributed by atoms with Crippen LogP contribution in [0.3, 0.4) is 0 Å². The number of ether oxygens (including phenoxy) is 1. The molecular weight excluding hydrogens is 451 g/mol. The van der Waals surface area contributed by atoms with Gasteiger partial charge in [-0.2, -0.15) is 0 Å². The fourth-order valence-electron chi connectivity index (χ4n) is 3.36. The second kappa shape index (κ2) is 12.4. The zero-order valence-corrected chi connectivity index (χ0v) is 19.7. The monoisotopic (exact) mass is 488 g/mol. The van der Waals surface area contributed by atoms with Crippen LogP contribution in [0.4, 0.5) is 5.69 Å². The Labute approximate surface area is 182 Å². The van der Waals surface area contributed by atoms with Gasteiger partial charge in [-0.25, -0.2) is 0 Å². The van der Waals surface area contributed by atoms with Crippen molar-refractivity contribution in [2.45, 2.75) is 39.0 Å². The van der Waals surface area contributed by atoms with E-state index in [9.17, 15) is 0 Å². The summed E-state index contributed by atoms with van der Waals surface area (Å²) in [4.78, 5) is 6.98. The van der Waals surface area contributed by atoms with E-state index in [1.807, 2.05) is 0 Å². The topological polar surface area (TPSA) is 48.9 Å². The Morgan fingerprint density at radius 3 is 2.41 bits per heavy atom. The molecule has 154 valence electrons. The minimum atomic E-state index is 0. The number of rotatable bonds is 10. The molecule has 0 bridgehead atoms. The van der Waals surface area contributed by atoms with Crippen LogP contribution in [0.25, 0.3) is 0 Å². The number of hydrogen-bond donors (Lipinski definition) is 2. The summed E-state index contributed by atoms with van der Waals surface area (Å²) in [5, 5.41) is 6.85.